The standard InChI is InChI=1S/C13H10BrN3O/c1-8-4-9(14)5-12(16)13(8)18-11-3-2-10(6-15)17-7-11/h2-5,7H,16H2,1H3. The lowest BCUT2D eigenvalue weighted by atomic mass is 10.2. The van der Waals surface area contributed by atoms with Gasteiger partial charge in [-0.25, -0.2) is 4.98 Å². The molecule has 18 heavy (non-hydrogen) atoms. The van der Waals surface area contributed by atoms with Crippen LogP contribution in [0.5, 0.6) is 11.5 Å². The van der Waals surface area contributed by atoms with Crippen molar-refractivity contribution >= 4 is 21.6 Å². The Labute approximate surface area is 113 Å². The highest BCUT2D eigenvalue weighted by atomic mass is 79.9. The van der Waals surface area contributed by atoms with E-state index in [1.165, 1.54) is 6.20 Å². The fourth-order valence-electron chi connectivity index (χ4n) is 1.52. The number of hydrogen-bond acceptors (Lipinski definition) is 4. The number of ether oxygens (including phenoxy) is 1. The number of nitrogens with zero attached hydrogens (tertiary/aromatic N) is 2. The van der Waals surface area contributed by atoms with Crippen LogP contribution in [0.1, 0.15) is 11.3 Å². The van der Waals surface area contributed by atoms with Gasteiger partial charge in [0.2, 0.25) is 0 Å². The van der Waals surface area contributed by atoms with Gasteiger partial charge < -0.3 is 10.5 Å². The van der Waals surface area contributed by atoms with Gasteiger partial charge in [0.15, 0.2) is 5.75 Å². The van der Waals surface area contributed by atoms with Gasteiger partial charge in [0, 0.05) is 4.47 Å². The number of nitriles is 1. The first-order valence-electron chi connectivity index (χ1n) is 5.20. The third-order valence-corrected chi connectivity index (χ3v) is 2.80. The maximum absolute atomic E-state index is 8.66. The van der Waals surface area contributed by atoms with E-state index in [4.69, 9.17) is 15.7 Å². The summed E-state index contributed by atoms with van der Waals surface area (Å²) in [7, 11) is 0. The minimum absolute atomic E-state index is 0.350. The van der Waals surface area contributed by atoms with Gasteiger partial charge in [-0.15, -0.1) is 0 Å². The van der Waals surface area contributed by atoms with Crippen molar-refractivity contribution in [2.45, 2.75) is 6.92 Å². The lowest BCUT2D eigenvalue weighted by Crippen LogP contribution is -1.95. The van der Waals surface area contributed by atoms with E-state index in [0.717, 1.165) is 10.0 Å². The Kier molecular flexibility index (Phi) is 3.49. The van der Waals surface area contributed by atoms with Crippen molar-refractivity contribution < 1.29 is 4.74 Å². The number of aromatic nitrogens is 1. The van der Waals surface area contributed by atoms with Crippen LogP contribution >= 0.6 is 15.9 Å². The average Bonchev–Trinajstić information content (AvgIpc) is 2.34. The van der Waals surface area contributed by atoms with E-state index in [0.29, 0.717) is 22.9 Å². The van der Waals surface area contributed by atoms with Gasteiger partial charge in [-0.05, 0) is 36.8 Å². The zero-order valence-corrected chi connectivity index (χ0v) is 11.2. The van der Waals surface area contributed by atoms with Gasteiger partial charge >= 0.3 is 0 Å². The molecule has 0 saturated carbocycles. The van der Waals surface area contributed by atoms with Crippen molar-refractivity contribution in [3.8, 4) is 17.6 Å². The Balaban J connectivity index is 2.31. The molecule has 0 fully saturated rings. The molecule has 0 atom stereocenters. The summed E-state index contributed by atoms with van der Waals surface area (Å²) in [5.74, 6) is 1.15. The van der Waals surface area contributed by atoms with E-state index in [1.54, 1.807) is 18.2 Å². The number of rotatable bonds is 2. The molecule has 0 spiro atoms. The highest BCUT2D eigenvalue weighted by Crippen LogP contribution is 2.33. The number of halogens is 1. The van der Waals surface area contributed by atoms with Crippen LogP contribution in [-0.4, -0.2) is 4.98 Å². The number of benzene rings is 1. The minimum atomic E-state index is 0.350. The van der Waals surface area contributed by atoms with E-state index in [9.17, 15) is 0 Å². The first kappa shape index (κ1) is 12.4. The molecular formula is C13H10BrN3O. The van der Waals surface area contributed by atoms with Crippen molar-refractivity contribution in [1.29, 1.82) is 5.26 Å². The first-order chi connectivity index (χ1) is 8.60. The third kappa shape index (κ3) is 2.60. The van der Waals surface area contributed by atoms with Crippen LogP contribution in [0, 0.1) is 18.3 Å². The Morgan fingerprint density at radius 3 is 2.72 bits per heavy atom. The van der Waals surface area contributed by atoms with E-state index >= 15 is 0 Å². The lowest BCUT2D eigenvalue weighted by molar-refractivity contribution is 0.479. The summed E-state index contributed by atoms with van der Waals surface area (Å²) in [6.45, 7) is 1.91. The molecule has 1 aromatic heterocycles. The largest absolute Gasteiger partial charge is 0.453 e. The molecule has 1 heterocycles. The Bertz CT molecular complexity index is 594. The molecule has 0 bridgehead atoms. The number of nitrogen functional groups attached to an aromatic ring is 1. The van der Waals surface area contributed by atoms with Gasteiger partial charge in [-0.2, -0.15) is 5.26 Å². The molecule has 4 nitrogen and oxygen atoms in total. The predicted octanol–water partition coefficient (Wildman–Crippen LogP) is 3.40. The molecule has 0 saturated heterocycles. The van der Waals surface area contributed by atoms with E-state index in [2.05, 4.69) is 20.9 Å². The minimum Gasteiger partial charge on any atom is -0.453 e. The zero-order valence-electron chi connectivity index (χ0n) is 9.64. The van der Waals surface area contributed by atoms with E-state index < -0.39 is 0 Å². The highest BCUT2D eigenvalue weighted by molar-refractivity contribution is 9.10. The van der Waals surface area contributed by atoms with Gasteiger partial charge in [-0.1, -0.05) is 15.9 Å². The van der Waals surface area contributed by atoms with Crippen molar-refractivity contribution in [3.05, 3.63) is 46.2 Å². The molecule has 0 unspecified atom stereocenters. The Morgan fingerprint density at radius 2 is 2.17 bits per heavy atom. The summed E-state index contributed by atoms with van der Waals surface area (Å²) in [5, 5.41) is 8.66. The van der Waals surface area contributed by atoms with Gasteiger partial charge in [0.25, 0.3) is 0 Å². The van der Waals surface area contributed by atoms with Crippen molar-refractivity contribution in [1.82, 2.24) is 4.98 Å². The van der Waals surface area contributed by atoms with Crippen LogP contribution in [0.3, 0.4) is 0 Å². The molecule has 1 aromatic carbocycles. The summed E-state index contributed by atoms with van der Waals surface area (Å²) in [4.78, 5) is 3.93. The van der Waals surface area contributed by atoms with Crippen LogP contribution in [0.4, 0.5) is 5.69 Å². The molecular weight excluding hydrogens is 294 g/mol. The normalized spacial score (nSPS) is 9.83. The summed E-state index contributed by atoms with van der Waals surface area (Å²) < 4.78 is 6.58. The van der Waals surface area contributed by atoms with Crippen LogP contribution in [-0.2, 0) is 0 Å². The summed E-state index contributed by atoms with van der Waals surface area (Å²) in [6, 6.07) is 8.93. The molecule has 2 rings (SSSR count). The Hall–Kier alpha value is -2.06. The molecule has 2 N–H and O–H groups in total. The molecule has 0 aliphatic carbocycles. The molecule has 0 radical (unpaired) electrons. The van der Waals surface area contributed by atoms with Gasteiger partial charge in [-0.3, -0.25) is 0 Å². The van der Waals surface area contributed by atoms with Crippen LogP contribution in [0.25, 0.3) is 0 Å². The highest BCUT2D eigenvalue weighted by Gasteiger charge is 2.08. The number of nitrogens with two attached hydrogens (primary N) is 1. The quantitative estimate of drug-likeness (QED) is 0.863. The van der Waals surface area contributed by atoms with Crippen molar-refractivity contribution in [2.75, 3.05) is 5.73 Å². The third-order valence-electron chi connectivity index (χ3n) is 2.34. The second-order valence-corrected chi connectivity index (χ2v) is 4.65. The average molecular weight is 304 g/mol. The second-order valence-electron chi connectivity index (χ2n) is 3.73. The van der Waals surface area contributed by atoms with E-state index in [-0.39, 0.29) is 0 Å². The van der Waals surface area contributed by atoms with Gasteiger partial charge in [0.05, 0.1) is 11.9 Å². The fraction of sp³-hybridized carbons (Fsp3) is 0.0769. The summed E-state index contributed by atoms with van der Waals surface area (Å²) >= 11 is 3.37. The zero-order chi connectivity index (χ0) is 13.1. The number of hydrogen-bond donors (Lipinski definition) is 1. The van der Waals surface area contributed by atoms with Crippen molar-refractivity contribution in [2.24, 2.45) is 0 Å². The second kappa shape index (κ2) is 5.07. The number of aryl methyl sites for hydroxylation is 1. The first-order valence-corrected chi connectivity index (χ1v) is 5.99. The topological polar surface area (TPSA) is 71.9 Å². The molecule has 0 aliphatic rings. The van der Waals surface area contributed by atoms with E-state index in [1.807, 2.05) is 19.1 Å². The summed E-state index contributed by atoms with van der Waals surface area (Å²) in [6.07, 6.45) is 1.50. The molecule has 0 aliphatic heterocycles. The summed E-state index contributed by atoms with van der Waals surface area (Å²) in [5.41, 5.74) is 7.72. The smallest absolute Gasteiger partial charge is 0.153 e. The maximum Gasteiger partial charge on any atom is 0.153 e. The molecule has 0 amide bonds. The number of pyridine rings is 1. The van der Waals surface area contributed by atoms with Crippen LogP contribution in [0.2, 0.25) is 0 Å². The van der Waals surface area contributed by atoms with Crippen LogP contribution < -0.4 is 10.5 Å². The van der Waals surface area contributed by atoms with Crippen molar-refractivity contribution in [3.63, 3.8) is 0 Å². The number of anilines is 1. The van der Waals surface area contributed by atoms with Gasteiger partial charge in [0.1, 0.15) is 17.5 Å². The monoisotopic (exact) mass is 303 g/mol. The SMILES string of the molecule is Cc1cc(Br)cc(N)c1Oc1ccc(C#N)nc1. The van der Waals surface area contributed by atoms with Crippen LogP contribution in [0.15, 0.2) is 34.9 Å². The lowest BCUT2D eigenvalue weighted by Gasteiger charge is -2.11. The molecule has 5 heteroatoms. The Morgan fingerprint density at radius 1 is 1.39 bits per heavy atom. The predicted molar refractivity (Wildman–Crippen MR) is 72.3 cm³/mol. The molecule has 2 aromatic rings. The molecule has 90 valence electrons. The fourth-order valence-corrected chi connectivity index (χ4v) is 2.11. The maximum atomic E-state index is 8.66.